The van der Waals surface area contributed by atoms with Gasteiger partial charge in [-0.2, -0.15) is 0 Å². The van der Waals surface area contributed by atoms with Gasteiger partial charge in [-0.3, -0.25) is 9.59 Å². The van der Waals surface area contributed by atoms with E-state index in [0.717, 1.165) is 5.56 Å². The van der Waals surface area contributed by atoms with Crippen LogP contribution in [0.4, 0.5) is 4.39 Å². The maximum Gasteiger partial charge on any atom is 0.254 e. The van der Waals surface area contributed by atoms with E-state index in [1.165, 1.54) is 13.1 Å². The zero-order valence-corrected chi connectivity index (χ0v) is 17.4. The standard InChI is InChI=1S/C24H27FN2O4/c1-26-24(30)19-12-15(23(29)27-16-7-9-17(28)10-8-16)11-18-21(14-5-3-2-4-6-14)20(13-25)31-22(18)19/h2-6,11-12,16-17,20-21,28H,7-10,13H2,1H3,(H,26,30)(H,27,29). The van der Waals surface area contributed by atoms with Crippen LogP contribution in [-0.2, 0) is 0 Å². The van der Waals surface area contributed by atoms with Gasteiger partial charge in [-0.1, -0.05) is 30.3 Å². The average molecular weight is 426 g/mol. The predicted octanol–water partition coefficient (Wildman–Crippen LogP) is 2.94. The minimum atomic E-state index is -0.765. The molecule has 2 unspecified atom stereocenters. The molecule has 164 valence electrons. The van der Waals surface area contributed by atoms with E-state index in [-0.39, 0.29) is 23.6 Å². The molecule has 2 aromatic rings. The molecule has 1 fully saturated rings. The van der Waals surface area contributed by atoms with Crippen LogP contribution < -0.4 is 15.4 Å². The summed E-state index contributed by atoms with van der Waals surface area (Å²) in [5.74, 6) is -0.766. The van der Waals surface area contributed by atoms with Crippen molar-refractivity contribution >= 4 is 11.8 Å². The van der Waals surface area contributed by atoms with Crippen LogP contribution in [0.15, 0.2) is 42.5 Å². The van der Waals surface area contributed by atoms with Gasteiger partial charge in [0.2, 0.25) is 0 Å². The van der Waals surface area contributed by atoms with Crippen molar-refractivity contribution in [1.82, 2.24) is 10.6 Å². The highest BCUT2D eigenvalue weighted by atomic mass is 19.1. The van der Waals surface area contributed by atoms with Crippen LogP contribution in [0.3, 0.4) is 0 Å². The molecular formula is C24H27FN2O4. The smallest absolute Gasteiger partial charge is 0.254 e. The Morgan fingerprint density at radius 1 is 1.10 bits per heavy atom. The molecule has 7 heteroatoms. The molecule has 31 heavy (non-hydrogen) atoms. The van der Waals surface area contributed by atoms with Crippen molar-refractivity contribution < 1.29 is 23.8 Å². The van der Waals surface area contributed by atoms with Crippen molar-refractivity contribution in [3.63, 3.8) is 0 Å². The molecule has 4 rings (SSSR count). The van der Waals surface area contributed by atoms with Crippen molar-refractivity contribution in [2.24, 2.45) is 0 Å². The number of aliphatic hydroxyl groups is 1. The van der Waals surface area contributed by atoms with Gasteiger partial charge in [-0.05, 0) is 43.4 Å². The van der Waals surface area contributed by atoms with Crippen molar-refractivity contribution in [1.29, 1.82) is 0 Å². The Kier molecular flexibility index (Phi) is 6.23. The second-order valence-corrected chi connectivity index (χ2v) is 8.20. The van der Waals surface area contributed by atoms with Gasteiger partial charge in [0.25, 0.3) is 11.8 Å². The van der Waals surface area contributed by atoms with E-state index in [0.29, 0.717) is 42.6 Å². The minimum Gasteiger partial charge on any atom is -0.486 e. The molecule has 1 saturated carbocycles. The van der Waals surface area contributed by atoms with Crippen molar-refractivity contribution in [3.05, 3.63) is 64.7 Å². The molecule has 1 aliphatic carbocycles. The zero-order chi connectivity index (χ0) is 22.0. The van der Waals surface area contributed by atoms with E-state index >= 15 is 0 Å². The molecule has 0 saturated heterocycles. The maximum atomic E-state index is 13.9. The summed E-state index contributed by atoms with van der Waals surface area (Å²) in [7, 11) is 1.51. The number of carbonyl (C=O) groups excluding carboxylic acids is 2. The SMILES string of the molecule is CNC(=O)c1cc(C(=O)NC2CCC(O)CC2)cc2c1OC(CF)C2c1ccccc1. The van der Waals surface area contributed by atoms with Crippen LogP contribution in [0.2, 0.25) is 0 Å². The Bertz CT molecular complexity index is 958. The van der Waals surface area contributed by atoms with Gasteiger partial charge in [0.05, 0.1) is 17.6 Å². The third-order valence-corrected chi connectivity index (χ3v) is 6.17. The van der Waals surface area contributed by atoms with E-state index in [4.69, 9.17) is 4.74 Å². The molecule has 0 spiro atoms. The third-order valence-electron chi connectivity index (χ3n) is 6.17. The van der Waals surface area contributed by atoms with E-state index in [9.17, 15) is 19.1 Å². The summed E-state index contributed by atoms with van der Waals surface area (Å²) in [5, 5.41) is 15.3. The van der Waals surface area contributed by atoms with Gasteiger partial charge in [-0.25, -0.2) is 4.39 Å². The molecule has 2 atom stereocenters. The fraction of sp³-hybridized carbons (Fsp3) is 0.417. The Morgan fingerprint density at radius 2 is 1.81 bits per heavy atom. The quantitative estimate of drug-likeness (QED) is 0.686. The number of fused-ring (bicyclic) bond motifs is 1. The van der Waals surface area contributed by atoms with Gasteiger partial charge in [0.1, 0.15) is 18.5 Å². The molecule has 3 N–H and O–H groups in total. The van der Waals surface area contributed by atoms with E-state index in [1.807, 2.05) is 30.3 Å². The zero-order valence-electron chi connectivity index (χ0n) is 17.4. The maximum absolute atomic E-state index is 13.9. The van der Waals surface area contributed by atoms with Crippen molar-refractivity contribution in [3.8, 4) is 5.75 Å². The lowest BCUT2D eigenvalue weighted by Gasteiger charge is -2.26. The van der Waals surface area contributed by atoms with Crippen LogP contribution in [-0.4, -0.2) is 48.9 Å². The van der Waals surface area contributed by atoms with Crippen LogP contribution >= 0.6 is 0 Å². The van der Waals surface area contributed by atoms with E-state index in [2.05, 4.69) is 10.6 Å². The Balaban J connectivity index is 1.72. The largest absolute Gasteiger partial charge is 0.486 e. The number of ether oxygens (including phenoxy) is 1. The number of aliphatic hydroxyl groups excluding tert-OH is 1. The number of carbonyl (C=O) groups is 2. The number of alkyl halides is 1. The summed E-state index contributed by atoms with van der Waals surface area (Å²) in [4.78, 5) is 25.6. The van der Waals surface area contributed by atoms with Crippen LogP contribution in [0.1, 0.15) is 63.4 Å². The molecule has 2 amide bonds. The Hall–Kier alpha value is -2.93. The first kappa shape index (κ1) is 21.3. The topological polar surface area (TPSA) is 87.7 Å². The monoisotopic (exact) mass is 426 g/mol. The predicted molar refractivity (Wildman–Crippen MR) is 114 cm³/mol. The van der Waals surface area contributed by atoms with Gasteiger partial charge < -0.3 is 20.5 Å². The second-order valence-electron chi connectivity index (χ2n) is 8.20. The molecule has 0 aromatic heterocycles. The molecule has 2 aromatic carbocycles. The summed E-state index contributed by atoms with van der Waals surface area (Å²) in [6.45, 7) is -0.715. The molecule has 1 aliphatic heterocycles. The molecular weight excluding hydrogens is 399 g/mol. The number of nitrogens with one attached hydrogen (secondary N) is 2. The lowest BCUT2D eigenvalue weighted by molar-refractivity contribution is 0.0867. The highest BCUT2D eigenvalue weighted by molar-refractivity contribution is 6.02. The number of hydrogen-bond donors (Lipinski definition) is 3. The fourth-order valence-corrected chi connectivity index (χ4v) is 4.53. The molecule has 6 nitrogen and oxygen atoms in total. The highest BCUT2D eigenvalue weighted by Gasteiger charge is 2.39. The number of benzene rings is 2. The summed E-state index contributed by atoms with van der Waals surface area (Å²) in [6, 6.07) is 12.6. The Morgan fingerprint density at radius 3 is 2.45 bits per heavy atom. The second kappa shape index (κ2) is 9.06. The lowest BCUT2D eigenvalue weighted by atomic mass is 9.86. The first-order chi connectivity index (χ1) is 15.0. The molecule has 0 bridgehead atoms. The summed E-state index contributed by atoms with van der Waals surface area (Å²) >= 11 is 0. The van der Waals surface area contributed by atoms with E-state index < -0.39 is 24.6 Å². The van der Waals surface area contributed by atoms with E-state index in [1.54, 1.807) is 6.07 Å². The van der Waals surface area contributed by atoms with Gasteiger partial charge in [0.15, 0.2) is 0 Å². The number of hydrogen-bond acceptors (Lipinski definition) is 4. The van der Waals surface area contributed by atoms with Crippen LogP contribution in [0.5, 0.6) is 5.75 Å². The van der Waals surface area contributed by atoms with Gasteiger partial charge in [0, 0.05) is 24.2 Å². The summed E-state index contributed by atoms with van der Waals surface area (Å²) in [5.41, 5.74) is 2.07. The molecule has 0 radical (unpaired) electrons. The molecule has 2 aliphatic rings. The number of halogens is 1. The minimum absolute atomic E-state index is 0.0210. The lowest BCUT2D eigenvalue weighted by Crippen LogP contribution is -2.38. The first-order valence-electron chi connectivity index (χ1n) is 10.7. The summed E-state index contributed by atoms with van der Waals surface area (Å²) in [6.07, 6.45) is 1.65. The molecule has 1 heterocycles. The average Bonchev–Trinajstić information content (AvgIpc) is 3.18. The van der Waals surface area contributed by atoms with Crippen molar-refractivity contribution in [2.45, 2.75) is 49.9 Å². The number of amides is 2. The normalized spacial score (nSPS) is 24.7. The summed E-state index contributed by atoms with van der Waals surface area (Å²) < 4.78 is 19.8. The third kappa shape index (κ3) is 4.28. The van der Waals surface area contributed by atoms with Crippen LogP contribution in [0, 0.1) is 0 Å². The van der Waals surface area contributed by atoms with Crippen LogP contribution in [0.25, 0.3) is 0 Å². The van der Waals surface area contributed by atoms with Crippen molar-refractivity contribution in [2.75, 3.05) is 13.7 Å². The highest BCUT2D eigenvalue weighted by Crippen LogP contribution is 2.45. The van der Waals surface area contributed by atoms with Gasteiger partial charge in [-0.15, -0.1) is 0 Å². The Labute approximate surface area is 180 Å². The van der Waals surface area contributed by atoms with Gasteiger partial charge >= 0.3 is 0 Å². The number of rotatable bonds is 5. The first-order valence-corrected chi connectivity index (χ1v) is 10.7. The fourth-order valence-electron chi connectivity index (χ4n) is 4.53.